The Balaban J connectivity index is 1.56. The summed E-state index contributed by atoms with van der Waals surface area (Å²) < 4.78 is 5.22. The number of nitrogens with zero attached hydrogens (tertiary/aromatic N) is 2. The van der Waals surface area contributed by atoms with Crippen LogP contribution in [0.2, 0.25) is 0 Å². The number of hydrogen-bond donors (Lipinski definition) is 1. The highest BCUT2D eigenvalue weighted by atomic mass is 16.5. The molecule has 6 nitrogen and oxygen atoms in total. The summed E-state index contributed by atoms with van der Waals surface area (Å²) in [4.78, 5) is 32.6. The van der Waals surface area contributed by atoms with Gasteiger partial charge in [0.1, 0.15) is 23.7 Å². The Kier molecular flexibility index (Phi) is 5.38. The molecule has 1 aromatic rings. The van der Waals surface area contributed by atoms with E-state index in [1.54, 1.807) is 12.0 Å². The van der Waals surface area contributed by atoms with Crippen LogP contribution < -0.4 is 10.1 Å². The lowest BCUT2D eigenvalue weighted by Gasteiger charge is -2.39. The van der Waals surface area contributed by atoms with Gasteiger partial charge in [0.15, 0.2) is 0 Å². The van der Waals surface area contributed by atoms with Crippen LogP contribution in [0.15, 0.2) is 29.3 Å². The van der Waals surface area contributed by atoms with E-state index in [1.165, 1.54) is 12.8 Å². The van der Waals surface area contributed by atoms with Crippen LogP contribution >= 0.6 is 0 Å². The van der Waals surface area contributed by atoms with Crippen LogP contribution in [0.1, 0.15) is 63.4 Å². The molecule has 4 rings (SSSR count). The van der Waals surface area contributed by atoms with Gasteiger partial charge in [-0.1, -0.05) is 19.3 Å². The van der Waals surface area contributed by atoms with Crippen LogP contribution in [0, 0.1) is 0 Å². The van der Waals surface area contributed by atoms with Crippen molar-refractivity contribution in [2.45, 2.75) is 69.5 Å². The fourth-order valence-electron chi connectivity index (χ4n) is 4.78. The maximum Gasteiger partial charge on any atom is 0.275 e. The first-order valence-corrected chi connectivity index (χ1v) is 10.5. The van der Waals surface area contributed by atoms with Gasteiger partial charge in [-0.15, -0.1) is 0 Å². The fraction of sp³-hybridized carbons (Fsp3) is 0.591. The summed E-state index contributed by atoms with van der Waals surface area (Å²) in [6, 6.07) is 7.68. The zero-order chi connectivity index (χ0) is 19.6. The molecule has 0 bridgehead atoms. The van der Waals surface area contributed by atoms with Crippen molar-refractivity contribution in [1.29, 1.82) is 0 Å². The number of methoxy groups -OCH3 is 1. The standard InChI is InChI=1S/C22H29N3O3/c1-28-18-11-9-16(10-12-18)20-21(27)25(22(24-20)13-5-2-6-14-22)15-19(26)23-17-7-3-4-8-17/h9-12,17H,2-8,13-15H2,1H3,(H,23,26). The predicted molar refractivity (Wildman–Crippen MR) is 107 cm³/mol. The van der Waals surface area contributed by atoms with Crippen LogP contribution in [0.3, 0.4) is 0 Å². The molecule has 1 aliphatic heterocycles. The third kappa shape index (κ3) is 3.64. The number of benzene rings is 1. The Hall–Kier alpha value is -2.37. The summed E-state index contributed by atoms with van der Waals surface area (Å²) in [5.74, 6) is 0.556. The van der Waals surface area contributed by atoms with Crippen LogP contribution in [0.4, 0.5) is 0 Å². The molecule has 2 amide bonds. The van der Waals surface area contributed by atoms with Crippen LogP contribution in [-0.4, -0.2) is 47.8 Å². The zero-order valence-electron chi connectivity index (χ0n) is 16.6. The van der Waals surface area contributed by atoms with Gasteiger partial charge in [-0.05, 0) is 62.8 Å². The Morgan fingerprint density at radius 1 is 1.14 bits per heavy atom. The van der Waals surface area contributed by atoms with E-state index < -0.39 is 5.66 Å². The molecular weight excluding hydrogens is 354 g/mol. The summed E-state index contributed by atoms with van der Waals surface area (Å²) in [6.45, 7) is 0.0957. The monoisotopic (exact) mass is 383 g/mol. The van der Waals surface area contributed by atoms with Crippen LogP contribution in [0.25, 0.3) is 0 Å². The number of amides is 2. The molecule has 1 aromatic carbocycles. The number of rotatable bonds is 5. The molecule has 0 aromatic heterocycles. The molecule has 0 radical (unpaired) electrons. The van der Waals surface area contributed by atoms with Gasteiger partial charge >= 0.3 is 0 Å². The first-order valence-electron chi connectivity index (χ1n) is 10.5. The van der Waals surface area contributed by atoms with E-state index in [2.05, 4.69) is 5.32 Å². The second-order valence-corrected chi connectivity index (χ2v) is 8.17. The summed E-state index contributed by atoms with van der Waals surface area (Å²) in [5, 5.41) is 3.12. The number of ether oxygens (including phenoxy) is 1. The summed E-state index contributed by atoms with van der Waals surface area (Å²) in [5.41, 5.74) is 0.699. The van der Waals surface area contributed by atoms with E-state index in [0.717, 1.165) is 56.3 Å². The molecule has 0 atom stereocenters. The summed E-state index contributed by atoms with van der Waals surface area (Å²) in [7, 11) is 1.62. The van der Waals surface area contributed by atoms with Crippen molar-refractivity contribution in [1.82, 2.24) is 10.2 Å². The average Bonchev–Trinajstić information content (AvgIpc) is 3.31. The number of carbonyl (C=O) groups excluding carboxylic acids is 2. The molecule has 3 aliphatic rings. The van der Waals surface area contributed by atoms with E-state index in [-0.39, 0.29) is 24.4 Å². The number of hydrogen-bond acceptors (Lipinski definition) is 4. The van der Waals surface area contributed by atoms with Crippen molar-refractivity contribution in [3.8, 4) is 5.75 Å². The van der Waals surface area contributed by atoms with E-state index in [4.69, 9.17) is 9.73 Å². The molecule has 2 saturated carbocycles. The third-order valence-electron chi connectivity index (χ3n) is 6.31. The Morgan fingerprint density at radius 3 is 2.46 bits per heavy atom. The van der Waals surface area contributed by atoms with E-state index in [1.807, 2.05) is 24.3 Å². The third-order valence-corrected chi connectivity index (χ3v) is 6.31. The molecule has 150 valence electrons. The predicted octanol–water partition coefficient (Wildman–Crippen LogP) is 3.05. The first kappa shape index (κ1) is 19.0. The maximum absolute atomic E-state index is 13.3. The van der Waals surface area contributed by atoms with Crippen molar-refractivity contribution in [2.75, 3.05) is 13.7 Å². The van der Waals surface area contributed by atoms with Gasteiger partial charge in [0.05, 0.1) is 7.11 Å². The van der Waals surface area contributed by atoms with Crippen molar-refractivity contribution in [2.24, 2.45) is 4.99 Å². The van der Waals surface area contributed by atoms with Crippen molar-refractivity contribution in [3.05, 3.63) is 29.8 Å². The second kappa shape index (κ2) is 7.94. The molecule has 28 heavy (non-hydrogen) atoms. The topological polar surface area (TPSA) is 71.0 Å². The molecule has 2 aliphatic carbocycles. The lowest BCUT2D eigenvalue weighted by atomic mass is 9.88. The lowest BCUT2D eigenvalue weighted by Crippen LogP contribution is -2.52. The second-order valence-electron chi connectivity index (χ2n) is 8.17. The molecule has 0 saturated heterocycles. The van der Waals surface area contributed by atoms with Crippen LogP contribution in [0.5, 0.6) is 5.75 Å². The first-order chi connectivity index (χ1) is 13.6. The molecule has 1 N–H and O–H groups in total. The van der Waals surface area contributed by atoms with Gasteiger partial charge in [0.25, 0.3) is 5.91 Å². The largest absolute Gasteiger partial charge is 0.497 e. The van der Waals surface area contributed by atoms with Gasteiger partial charge < -0.3 is 15.0 Å². The van der Waals surface area contributed by atoms with Crippen LogP contribution in [-0.2, 0) is 9.59 Å². The smallest absolute Gasteiger partial charge is 0.275 e. The van der Waals surface area contributed by atoms with Gasteiger partial charge in [-0.25, -0.2) is 0 Å². The SMILES string of the molecule is COc1ccc(C2=NC3(CCCCC3)N(CC(=O)NC3CCCC3)C2=O)cc1. The van der Waals surface area contributed by atoms with Gasteiger partial charge in [-0.2, -0.15) is 0 Å². The summed E-state index contributed by atoms with van der Waals surface area (Å²) in [6.07, 6.45) is 9.30. The Labute approximate surface area is 166 Å². The molecule has 1 spiro atoms. The fourth-order valence-corrected chi connectivity index (χ4v) is 4.78. The normalized spacial score (nSPS) is 21.8. The highest BCUT2D eigenvalue weighted by Gasteiger charge is 2.48. The highest BCUT2D eigenvalue weighted by Crippen LogP contribution is 2.39. The Morgan fingerprint density at radius 2 is 1.82 bits per heavy atom. The van der Waals surface area contributed by atoms with E-state index in [0.29, 0.717) is 5.71 Å². The van der Waals surface area contributed by atoms with Crippen molar-refractivity contribution < 1.29 is 14.3 Å². The van der Waals surface area contributed by atoms with E-state index >= 15 is 0 Å². The lowest BCUT2D eigenvalue weighted by molar-refractivity contribution is -0.136. The molecule has 1 heterocycles. The van der Waals surface area contributed by atoms with Gasteiger partial charge in [-0.3, -0.25) is 14.6 Å². The molecule has 2 fully saturated rings. The van der Waals surface area contributed by atoms with Crippen molar-refractivity contribution in [3.63, 3.8) is 0 Å². The zero-order valence-corrected chi connectivity index (χ0v) is 16.6. The number of nitrogens with one attached hydrogen (secondary N) is 1. The Bertz CT molecular complexity index is 760. The minimum absolute atomic E-state index is 0.0589. The molecular formula is C22H29N3O3. The summed E-state index contributed by atoms with van der Waals surface area (Å²) >= 11 is 0. The van der Waals surface area contributed by atoms with Gasteiger partial charge in [0.2, 0.25) is 5.91 Å². The highest BCUT2D eigenvalue weighted by molar-refractivity contribution is 6.47. The number of aliphatic imine (C=N–C) groups is 1. The quantitative estimate of drug-likeness (QED) is 0.849. The number of carbonyl (C=O) groups is 2. The maximum atomic E-state index is 13.3. The van der Waals surface area contributed by atoms with Crippen molar-refractivity contribution >= 4 is 17.5 Å². The average molecular weight is 383 g/mol. The van der Waals surface area contributed by atoms with E-state index in [9.17, 15) is 9.59 Å². The van der Waals surface area contributed by atoms with Gasteiger partial charge in [0, 0.05) is 11.6 Å². The minimum atomic E-state index is -0.558. The minimum Gasteiger partial charge on any atom is -0.497 e. The molecule has 6 heteroatoms. The molecule has 0 unspecified atom stereocenters.